The van der Waals surface area contributed by atoms with Crippen LogP contribution in [0.1, 0.15) is 32.1 Å². The Hall–Kier alpha value is -0.530. The molecule has 0 atom stereocenters. The van der Waals surface area contributed by atoms with Gasteiger partial charge in [-0.2, -0.15) is 0 Å². The lowest BCUT2D eigenvalue weighted by Crippen LogP contribution is -2.37. The highest BCUT2D eigenvalue weighted by Crippen LogP contribution is 2.32. The number of amides is 1. The van der Waals surface area contributed by atoms with Crippen molar-refractivity contribution in [2.75, 3.05) is 7.05 Å². The normalized spacial score (nSPS) is 24.5. The van der Waals surface area contributed by atoms with Gasteiger partial charge in [0.15, 0.2) is 0 Å². The Kier molecular flexibility index (Phi) is 1.63. The molecule has 2 heteroatoms. The predicted octanol–water partition coefficient (Wildman–Crippen LogP) is 1.41. The average Bonchev–Trinajstić information content (AvgIpc) is 2.62. The Morgan fingerprint density at radius 2 is 1.91 bits per heavy atom. The van der Waals surface area contributed by atoms with Crippen molar-refractivity contribution in [2.45, 2.75) is 38.1 Å². The van der Waals surface area contributed by atoms with E-state index in [0.29, 0.717) is 17.9 Å². The van der Waals surface area contributed by atoms with Gasteiger partial charge in [0.1, 0.15) is 0 Å². The highest BCUT2D eigenvalue weighted by molar-refractivity contribution is 5.79. The number of carbonyl (C=O) groups is 1. The highest BCUT2D eigenvalue weighted by Gasteiger charge is 2.35. The molecule has 0 aromatic heterocycles. The SMILES string of the molecule is CN(C(=O)C1CCC1)C1CC1. The van der Waals surface area contributed by atoms with Crippen molar-refractivity contribution in [1.29, 1.82) is 0 Å². The fraction of sp³-hybridized carbons (Fsp3) is 0.889. The van der Waals surface area contributed by atoms with Crippen LogP contribution >= 0.6 is 0 Å². The van der Waals surface area contributed by atoms with Gasteiger partial charge in [0.25, 0.3) is 0 Å². The fourth-order valence-corrected chi connectivity index (χ4v) is 1.58. The van der Waals surface area contributed by atoms with Gasteiger partial charge >= 0.3 is 0 Å². The highest BCUT2D eigenvalue weighted by atomic mass is 16.2. The molecule has 0 radical (unpaired) electrons. The number of carbonyl (C=O) groups excluding carboxylic acids is 1. The van der Waals surface area contributed by atoms with Crippen LogP contribution < -0.4 is 0 Å². The van der Waals surface area contributed by atoms with E-state index in [2.05, 4.69) is 0 Å². The van der Waals surface area contributed by atoms with Crippen molar-refractivity contribution in [3.8, 4) is 0 Å². The Morgan fingerprint density at radius 3 is 2.27 bits per heavy atom. The van der Waals surface area contributed by atoms with Crippen LogP contribution in [0.5, 0.6) is 0 Å². The zero-order chi connectivity index (χ0) is 7.84. The van der Waals surface area contributed by atoms with E-state index in [1.807, 2.05) is 11.9 Å². The molecule has 0 heterocycles. The lowest BCUT2D eigenvalue weighted by molar-refractivity contribution is -0.137. The average molecular weight is 153 g/mol. The van der Waals surface area contributed by atoms with Crippen molar-refractivity contribution in [1.82, 2.24) is 4.90 Å². The Bertz CT molecular complexity index is 170. The molecule has 0 aliphatic heterocycles. The van der Waals surface area contributed by atoms with E-state index >= 15 is 0 Å². The lowest BCUT2D eigenvalue weighted by Gasteiger charge is -2.29. The van der Waals surface area contributed by atoms with Crippen molar-refractivity contribution in [3.63, 3.8) is 0 Å². The first-order chi connectivity index (χ1) is 5.29. The van der Waals surface area contributed by atoms with Gasteiger partial charge in [0.2, 0.25) is 5.91 Å². The summed E-state index contributed by atoms with van der Waals surface area (Å²) >= 11 is 0. The second kappa shape index (κ2) is 2.50. The maximum atomic E-state index is 11.5. The number of hydrogen-bond acceptors (Lipinski definition) is 1. The van der Waals surface area contributed by atoms with Crippen molar-refractivity contribution < 1.29 is 4.79 Å². The third-order valence-electron chi connectivity index (χ3n) is 2.90. The van der Waals surface area contributed by atoms with Gasteiger partial charge in [-0.15, -0.1) is 0 Å². The number of rotatable bonds is 2. The Morgan fingerprint density at radius 1 is 1.27 bits per heavy atom. The molecule has 0 N–H and O–H groups in total. The minimum Gasteiger partial charge on any atom is -0.343 e. The summed E-state index contributed by atoms with van der Waals surface area (Å²) in [4.78, 5) is 13.5. The molecule has 2 rings (SSSR count). The summed E-state index contributed by atoms with van der Waals surface area (Å²) in [5.41, 5.74) is 0. The molecule has 0 unspecified atom stereocenters. The second-order valence-electron chi connectivity index (χ2n) is 3.81. The van der Waals surface area contributed by atoms with Gasteiger partial charge in [-0.25, -0.2) is 0 Å². The van der Waals surface area contributed by atoms with Crippen LogP contribution in [0.4, 0.5) is 0 Å². The van der Waals surface area contributed by atoms with Gasteiger partial charge < -0.3 is 4.90 Å². The molecule has 2 fully saturated rings. The molecule has 0 bridgehead atoms. The Labute approximate surface area is 67.6 Å². The first-order valence-corrected chi connectivity index (χ1v) is 4.55. The second-order valence-corrected chi connectivity index (χ2v) is 3.81. The monoisotopic (exact) mass is 153 g/mol. The smallest absolute Gasteiger partial charge is 0.225 e. The quantitative estimate of drug-likeness (QED) is 0.587. The zero-order valence-corrected chi connectivity index (χ0v) is 7.05. The van der Waals surface area contributed by atoms with Gasteiger partial charge in [-0.3, -0.25) is 4.79 Å². The van der Waals surface area contributed by atoms with Gasteiger partial charge in [-0.1, -0.05) is 6.42 Å². The molecule has 0 spiro atoms. The van der Waals surface area contributed by atoms with Crippen molar-refractivity contribution in [3.05, 3.63) is 0 Å². The standard InChI is InChI=1S/C9H15NO/c1-10(8-5-6-8)9(11)7-3-2-4-7/h7-8H,2-6H2,1H3. The summed E-state index contributed by atoms with van der Waals surface area (Å²) in [6.45, 7) is 0. The van der Waals surface area contributed by atoms with Crippen LogP contribution in [0, 0.1) is 5.92 Å². The van der Waals surface area contributed by atoms with E-state index in [1.54, 1.807) is 0 Å². The minimum atomic E-state index is 0.389. The molecule has 62 valence electrons. The summed E-state index contributed by atoms with van der Waals surface area (Å²) in [5.74, 6) is 0.791. The molecule has 2 aliphatic rings. The largest absolute Gasteiger partial charge is 0.343 e. The van der Waals surface area contributed by atoms with Crippen LogP contribution in [-0.4, -0.2) is 23.9 Å². The van der Waals surface area contributed by atoms with Crippen LogP contribution in [0.25, 0.3) is 0 Å². The lowest BCUT2D eigenvalue weighted by atomic mass is 9.84. The summed E-state index contributed by atoms with van der Waals surface area (Å²) < 4.78 is 0. The molecule has 2 aliphatic carbocycles. The minimum absolute atomic E-state index is 0.389. The van der Waals surface area contributed by atoms with Crippen molar-refractivity contribution >= 4 is 5.91 Å². The summed E-state index contributed by atoms with van der Waals surface area (Å²) in [7, 11) is 1.96. The topological polar surface area (TPSA) is 20.3 Å². The van der Waals surface area contributed by atoms with E-state index in [1.165, 1.54) is 19.3 Å². The maximum Gasteiger partial charge on any atom is 0.225 e. The predicted molar refractivity (Wildman–Crippen MR) is 43.1 cm³/mol. The van der Waals surface area contributed by atoms with E-state index in [0.717, 1.165) is 12.8 Å². The molecule has 1 amide bonds. The van der Waals surface area contributed by atoms with Crippen LogP contribution in [-0.2, 0) is 4.79 Å². The van der Waals surface area contributed by atoms with Crippen LogP contribution in [0.3, 0.4) is 0 Å². The maximum absolute atomic E-state index is 11.5. The molecule has 2 nitrogen and oxygen atoms in total. The van der Waals surface area contributed by atoms with E-state index in [4.69, 9.17) is 0 Å². The number of nitrogens with zero attached hydrogens (tertiary/aromatic N) is 1. The number of hydrogen-bond donors (Lipinski definition) is 0. The van der Waals surface area contributed by atoms with Crippen LogP contribution in [0.2, 0.25) is 0 Å². The molecule has 0 aromatic rings. The van der Waals surface area contributed by atoms with Gasteiger partial charge in [0.05, 0.1) is 0 Å². The first kappa shape index (κ1) is 7.14. The summed E-state index contributed by atoms with van der Waals surface area (Å²) in [5, 5.41) is 0. The van der Waals surface area contributed by atoms with Gasteiger partial charge in [-0.05, 0) is 25.7 Å². The third-order valence-corrected chi connectivity index (χ3v) is 2.90. The molecule has 0 saturated heterocycles. The Balaban J connectivity index is 1.86. The first-order valence-electron chi connectivity index (χ1n) is 4.55. The molecule has 11 heavy (non-hydrogen) atoms. The van der Waals surface area contributed by atoms with Gasteiger partial charge in [0, 0.05) is 19.0 Å². The summed E-state index contributed by atoms with van der Waals surface area (Å²) in [6, 6.07) is 0.600. The van der Waals surface area contributed by atoms with Crippen molar-refractivity contribution in [2.24, 2.45) is 5.92 Å². The third kappa shape index (κ3) is 1.26. The van der Waals surface area contributed by atoms with Crippen LogP contribution in [0.15, 0.2) is 0 Å². The van der Waals surface area contributed by atoms with E-state index in [9.17, 15) is 4.79 Å². The summed E-state index contributed by atoms with van der Waals surface area (Å²) in [6.07, 6.45) is 5.99. The molecular formula is C9H15NO. The van der Waals surface area contributed by atoms with E-state index < -0.39 is 0 Å². The molecular weight excluding hydrogens is 138 g/mol. The zero-order valence-electron chi connectivity index (χ0n) is 7.05. The fourth-order valence-electron chi connectivity index (χ4n) is 1.58. The molecule has 0 aromatic carbocycles. The molecule has 2 saturated carbocycles. The van der Waals surface area contributed by atoms with E-state index in [-0.39, 0.29) is 0 Å².